The zero-order valence-electron chi connectivity index (χ0n) is 10.5. The lowest BCUT2D eigenvalue weighted by atomic mass is 9.97. The van der Waals surface area contributed by atoms with Crippen molar-refractivity contribution in [3.63, 3.8) is 0 Å². The minimum Gasteiger partial charge on any atom is -0.423 e. The highest BCUT2D eigenvalue weighted by atomic mass is 16.4. The van der Waals surface area contributed by atoms with E-state index in [9.17, 15) is 4.79 Å². The van der Waals surface area contributed by atoms with E-state index in [2.05, 4.69) is 4.98 Å². The number of oxazole rings is 1. The third-order valence-corrected chi connectivity index (χ3v) is 3.57. The summed E-state index contributed by atoms with van der Waals surface area (Å²) in [6.45, 7) is 1.46. The molecule has 0 bridgehead atoms. The summed E-state index contributed by atoms with van der Waals surface area (Å²) >= 11 is 0. The number of aromatic nitrogens is 1. The number of nitrogens with zero attached hydrogens (tertiary/aromatic N) is 2. The summed E-state index contributed by atoms with van der Waals surface area (Å²) in [6, 6.07) is 5.98. The normalized spacial score (nSPS) is 16.9. The van der Waals surface area contributed by atoms with Crippen LogP contribution in [0.3, 0.4) is 0 Å². The predicted molar refractivity (Wildman–Crippen MR) is 72.6 cm³/mol. The van der Waals surface area contributed by atoms with Gasteiger partial charge in [-0.15, -0.1) is 0 Å². The molecular formula is C13H16N4O2. The van der Waals surface area contributed by atoms with Gasteiger partial charge >= 0.3 is 0 Å². The highest BCUT2D eigenvalue weighted by molar-refractivity contribution is 5.79. The molecular weight excluding hydrogens is 244 g/mol. The number of carbonyl (C=O) groups excluding carboxylic acids is 1. The number of nitrogens with two attached hydrogens (primary N) is 2. The maximum absolute atomic E-state index is 11.1. The zero-order valence-corrected chi connectivity index (χ0v) is 10.5. The maximum Gasteiger partial charge on any atom is 0.298 e. The Morgan fingerprint density at radius 2 is 2.11 bits per heavy atom. The number of carbonyl (C=O) groups is 1. The van der Waals surface area contributed by atoms with Gasteiger partial charge < -0.3 is 20.8 Å². The second-order valence-electron chi connectivity index (χ2n) is 4.89. The van der Waals surface area contributed by atoms with Crippen molar-refractivity contribution in [2.75, 3.05) is 23.7 Å². The van der Waals surface area contributed by atoms with Gasteiger partial charge in [0.05, 0.1) is 0 Å². The monoisotopic (exact) mass is 260 g/mol. The van der Waals surface area contributed by atoms with E-state index in [1.807, 2.05) is 11.0 Å². The van der Waals surface area contributed by atoms with Gasteiger partial charge in [-0.2, -0.15) is 4.98 Å². The Labute approximate surface area is 110 Å². The van der Waals surface area contributed by atoms with E-state index < -0.39 is 0 Å². The maximum atomic E-state index is 11.1. The van der Waals surface area contributed by atoms with Crippen molar-refractivity contribution >= 4 is 28.7 Å². The van der Waals surface area contributed by atoms with Crippen LogP contribution in [0.5, 0.6) is 0 Å². The molecule has 4 N–H and O–H groups in total. The van der Waals surface area contributed by atoms with Crippen LogP contribution < -0.4 is 16.4 Å². The number of anilines is 2. The number of amides is 1. The van der Waals surface area contributed by atoms with Crippen molar-refractivity contribution < 1.29 is 9.21 Å². The summed E-state index contributed by atoms with van der Waals surface area (Å²) in [5.74, 6) is -0.249. The molecule has 1 aliphatic heterocycles. The average molecular weight is 260 g/mol. The van der Waals surface area contributed by atoms with Crippen LogP contribution in [-0.4, -0.2) is 24.0 Å². The van der Waals surface area contributed by atoms with Crippen molar-refractivity contribution in [3.05, 3.63) is 18.2 Å². The Kier molecular flexibility index (Phi) is 2.77. The minimum atomic E-state index is -0.218. The fraction of sp³-hybridized carbons (Fsp3) is 0.385. The number of nitrogen functional groups attached to an aromatic ring is 1. The lowest BCUT2D eigenvalue weighted by molar-refractivity contribution is -0.122. The highest BCUT2D eigenvalue weighted by Crippen LogP contribution is 2.27. The second-order valence-corrected chi connectivity index (χ2v) is 4.89. The molecule has 6 nitrogen and oxygen atoms in total. The molecule has 6 heteroatoms. The summed E-state index contributed by atoms with van der Waals surface area (Å²) in [5.41, 5.74) is 13.2. The van der Waals surface area contributed by atoms with Crippen LogP contribution in [0, 0.1) is 5.92 Å². The van der Waals surface area contributed by atoms with Crippen molar-refractivity contribution in [2.24, 2.45) is 11.7 Å². The molecule has 1 fully saturated rings. The largest absolute Gasteiger partial charge is 0.423 e. The van der Waals surface area contributed by atoms with Gasteiger partial charge in [0.2, 0.25) is 5.91 Å². The van der Waals surface area contributed by atoms with Gasteiger partial charge in [0.25, 0.3) is 6.01 Å². The molecule has 1 aromatic heterocycles. The van der Waals surface area contributed by atoms with Crippen LogP contribution in [-0.2, 0) is 4.79 Å². The number of fused-ring (bicyclic) bond motifs is 1. The fourth-order valence-corrected chi connectivity index (χ4v) is 2.42. The van der Waals surface area contributed by atoms with Crippen LogP contribution in [0.2, 0.25) is 0 Å². The van der Waals surface area contributed by atoms with E-state index in [0.29, 0.717) is 11.7 Å². The third kappa shape index (κ3) is 2.21. The topological polar surface area (TPSA) is 98.4 Å². The lowest BCUT2D eigenvalue weighted by Crippen LogP contribution is -2.38. The molecule has 2 heterocycles. The minimum absolute atomic E-state index is 0.0312. The number of benzene rings is 1. The fourth-order valence-electron chi connectivity index (χ4n) is 2.42. The molecule has 1 amide bonds. The molecule has 1 aromatic carbocycles. The molecule has 0 aliphatic carbocycles. The first kappa shape index (κ1) is 11.8. The van der Waals surface area contributed by atoms with Crippen LogP contribution in [0.1, 0.15) is 12.8 Å². The Hall–Kier alpha value is -2.24. The predicted octanol–water partition coefficient (Wildman–Crippen LogP) is 1.11. The van der Waals surface area contributed by atoms with E-state index in [0.717, 1.165) is 37.0 Å². The first-order valence-electron chi connectivity index (χ1n) is 6.34. The number of primary amides is 1. The number of hydrogen-bond acceptors (Lipinski definition) is 5. The van der Waals surface area contributed by atoms with E-state index in [-0.39, 0.29) is 11.8 Å². The highest BCUT2D eigenvalue weighted by Gasteiger charge is 2.25. The van der Waals surface area contributed by atoms with Gasteiger partial charge in [0, 0.05) is 24.7 Å². The number of piperidine rings is 1. The SMILES string of the molecule is NC(=O)C1CCN(c2nc3cc(N)ccc3o2)CC1. The van der Waals surface area contributed by atoms with E-state index >= 15 is 0 Å². The Bertz CT molecular complexity index is 614. The van der Waals surface area contributed by atoms with E-state index in [4.69, 9.17) is 15.9 Å². The molecule has 0 radical (unpaired) electrons. The third-order valence-electron chi connectivity index (χ3n) is 3.57. The lowest BCUT2D eigenvalue weighted by Gasteiger charge is -2.29. The smallest absolute Gasteiger partial charge is 0.298 e. The van der Waals surface area contributed by atoms with Crippen molar-refractivity contribution in [2.45, 2.75) is 12.8 Å². The van der Waals surface area contributed by atoms with E-state index in [1.165, 1.54) is 0 Å². The summed E-state index contributed by atoms with van der Waals surface area (Å²) in [6.07, 6.45) is 1.49. The van der Waals surface area contributed by atoms with Crippen LogP contribution in [0.4, 0.5) is 11.7 Å². The molecule has 100 valence electrons. The summed E-state index contributed by atoms with van der Waals surface area (Å²) in [5, 5.41) is 0. The zero-order chi connectivity index (χ0) is 13.4. The van der Waals surface area contributed by atoms with Gasteiger partial charge in [0.1, 0.15) is 5.52 Å². The standard InChI is InChI=1S/C13H16N4O2/c14-9-1-2-11-10(7-9)16-13(19-11)17-5-3-8(4-6-17)12(15)18/h1-2,7-8H,3-6,14H2,(H2,15,18). The van der Waals surface area contributed by atoms with Crippen molar-refractivity contribution in [3.8, 4) is 0 Å². The Balaban J connectivity index is 1.80. The van der Waals surface area contributed by atoms with Crippen LogP contribution in [0.25, 0.3) is 11.1 Å². The van der Waals surface area contributed by atoms with Crippen LogP contribution >= 0.6 is 0 Å². The van der Waals surface area contributed by atoms with Gasteiger partial charge in [-0.3, -0.25) is 4.79 Å². The first-order valence-corrected chi connectivity index (χ1v) is 6.34. The molecule has 1 aliphatic rings. The number of rotatable bonds is 2. The molecule has 3 rings (SSSR count). The Morgan fingerprint density at radius 1 is 1.37 bits per heavy atom. The molecule has 0 unspecified atom stereocenters. The molecule has 2 aromatic rings. The summed E-state index contributed by atoms with van der Waals surface area (Å²) in [4.78, 5) is 17.6. The number of hydrogen-bond donors (Lipinski definition) is 2. The van der Waals surface area contributed by atoms with Gasteiger partial charge in [0.15, 0.2) is 5.58 Å². The summed E-state index contributed by atoms with van der Waals surface area (Å²) in [7, 11) is 0. The Morgan fingerprint density at radius 3 is 2.79 bits per heavy atom. The van der Waals surface area contributed by atoms with Crippen molar-refractivity contribution in [1.29, 1.82) is 0 Å². The van der Waals surface area contributed by atoms with Gasteiger partial charge in [-0.05, 0) is 31.0 Å². The molecule has 0 atom stereocenters. The van der Waals surface area contributed by atoms with Crippen molar-refractivity contribution in [1.82, 2.24) is 4.98 Å². The average Bonchev–Trinajstić information content (AvgIpc) is 2.81. The summed E-state index contributed by atoms with van der Waals surface area (Å²) < 4.78 is 5.70. The second kappa shape index (κ2) is 4.46. The molecule has 19 heavy (non-hydrogen) atoms. The molecule has 0 spiro atoms. The molecule has 0 saturated carbocycles. The van der Waals surface area contributed by atoms with Gasteiger partial charge in [-0.25, -0.2) is 0 Å². The van der Waals surface area contributed by atoms with Crippen LogP contribution in [0.15, 0.2) is 22.6 Å². The molecule has 1 saturated heterocycles. The first-order chi connectivity index (χ1) is 9.13. The van der Waals surface area contributed by atoms with Gasteiger partial charge in [-0.1, -0.05) is 0 Å². The van der Waals surface area contributed by atoms with E-state index in [1.54, 1.807) is 12.1 Å². The quantitative estimate of drug-likeness (QED) is 0.788.